The number of rotatable bonds is 7. The summed E-state index contributed by atoms with van der Waals surface area (Å²) in [6, 6.07) is 4.16. The van der Waals surface area contributed by atoms with Crippen LogP contribution in [0.2, 0.25) is 0 Å². The van der Waals surface area contributed by atoms with Gasteiger partial charge in [-0.3, -0.25) is 14.1 Å². The number of esters is 3. The van der Waals surface area contributed by atoms with E-state index >= 15 is 0 Å². The maximum atomic E-state index is 12.7. The fourth-order valence-electron chi connectivity index (χ4n) is 3.49. The lowest BCUT2D eigenvalue weighted by Crippen LogP contribution is -2.32. The van der Waals surface area contributed by atoms with Crippen molar-refractivity contribution in [2.75, 3.05) is 12.4 Å². The van der Waals surface area contributed by atoms with Crippen molar-refractivity contribution >= 4 is 35.9 Å². The molecule has 1 heterocycles. The van der Waals surface area contributed by atoms with Crippen LogP contribution in [0.5, 0.6) is 5.75 Å². The average molecular weight is 422 g/mol. The number of hydrogen-bond donors (Lipinski definition) is 1. The zero-order valence-electron chi connectivity index (χ0n) is 15.4. The van der Waals surface area contributed by atoms with Crippen LogP contribution in [-0.2, 0) is 35.5 Å². The van der Waals surface area contributed by atoms with Gasteiger partial charge in [-0.15, -0.1) is 0 Å². The van der Waals surface area contributed by atoms with E-state index in [-0.39, 0.29) is 23.7 Å². The van der Waals surface area contributed by atoms with Gasteiger partial charge in [0.1, 0.15) is 24.2 Å². The molecule has 1 aliphatic carbocycles. The topological polar surface area (TPSA) is 133 Å². The quantitative estimate of drug-likeness (QED) is 0.291. The molecule has 3 unspecified atom stereocenters. The van der Waals surface area contributed by atoms with Gasteiger partial charge in [-0.2, -0.15) is 8.42 Å². The second-order valence-electron chi connectivity index (χ2n) is 6.95. The minimum absolute atomic E-state index is 0.0179. The van der Waals surface area contributed by atoms with E-state index in [4.69, 9.17) is 26.6 Å². The predicted octanol–water partition coefficient (Wildman–Crippen LogP) is 0.647. The standard InChI is InChI=1S/C18H19BO9S/c19-9-11-2-1-10(16(20)26-5-6-29(23,24)25)7-15(11)28-17(21)13-4-3-12-8-14(13)18(22)27-12/h1-2,7,12-14H,3-6,8-9H2,(H,23,24,25). The largest absolute Gasteiger partial charge is 0.462 e. The van der Waals surface area contributed by atoms with Crippen molar-refractivity contribution in [3.05, 3.63) is 29.3 Å². The third-order valence-electron chi connectivity index (χ3n) is 5.00. The molecule has 9 nitrogen and oxygen atoms in total. The summed E-state index contributed by atoms with van der Waals surface area (Å²) in [4.78, 5) is 36.6. The minimum Gasteiger partial charge on any atom is -0.462 e. The predicted molar refractivity (Wildman–Crippen MR) is 98.9 cm³/mol. The molecule has 1 saturated carbocycles. The second-order valence-corrected chi connectivity index (χ2v) is 8.53. The van der Waals surface area contributed by atoms with Crippen LogP contribution in [0, 0.1) is 11.8 Å². The first-order valence-corrected chi connectivity index (χ1v) is 10.7. The lowest BCUT2D eigenvalue weighted by atomic mass is 9.80. The molecule has 3 rings (SSSR count). The van der Waals surface area contributed by atoms with Gasteiger partial charge in [-0.1, -0.05) is 12.4 Å². The van der Waals surface area contributed by atoms with Gasteiger partial charge in [0.15, 0.2) is 0 Å². The van der Waals surface area contributed by atoms with Crippen molar-refractivity contribution in [2.24, 2.45) is 11.8 Å². The summed E-state index contributed by atoms with van der Waals surface area (Å²) in [5.74, 6) is -3.68. The first-order chi connectivity index (χ1) is 13.7. The molecule has 11 heteroatoms. The Labute approximate surface area is 168 Å². The molecule has 2 radical (unpaired) electrons. The number of hydrogen-bond acceptors (Lipinski definition) is 8. The SMILES string of the molecule is [B]Cc1ccc(C(=O)OCCS(=O)(=O)O)cc1OC(=O)C1CCC2CC1C(=O)O2. The van der Waals surface area contributed by atoms with Gasteiger partial charge in [-0.05, 0) is 37.0 Å². The van der Waals surface area contributed by atoms with Crippen LogP contribution in [0.15, 0.2) is 18.2 Å². The summed E-state index contributed by atoms with van der Waals surface area (Å²) in [6.07, 6.45) is 1.44. The highest BCUT2D eigenvalue weighted by Gasteiger charge is 2.47. The summed E-state index contributed by atoms with van der Waals surface area (Å²) >= 11 is 0. The minimum atomic E-state index is -4.26. The summed E-state index contributed by atoms with van der Waals surface area (Å²) in [5, 5.41) is 0. The third-order valence-corrected chi connectivity index (χ3v) is 5.68. The van der Waals surface area contributed by atoms with Crippen molar-refractivity contribution in [3.8, 4) is 5.75 Å². The number of carbonyl (C=O) groups is 3. The average Bonchev–Trinajstić information content (AvgIpc) is 2.94. The van der Waals surface area contributed by atoms with Gasteiger partial charge in [0.05, 0.1) is 25.2 Å². The molecular formula is C18H19BO9S. The molecule has 1 N–H and O–H groups in total. The fraction of sp³-hybridized carbons (Fsp3) is 0.500. The summed E-state index contributed by atoms with van der Waals surface area (Å²) in [7, 11) is 1.41. The van der Waals surface area contributed by atoms with E-state index in [0.717, 1.165) is 0 Å². The molecule has 2 aliphatic rings. The Morgan fingerprint density at radius 1 is 1.28 bits per heavy atom. The van der Waals surface area contributed by atoms with E-state index in [1.54, 1.807) is 0 Å². The highest BCUT2D eigenvalue weighted by Crippen LogP contribution is 2.39. The van der Waals surface area contributed by atoms with Crippen molar-refractivity contribution < 1.29 is 41.6 Å². The number of carbonyl (C=O) groups excluding carboxylic acids is 3. The van der Waals surface area contributed by atoms with Crippen molar-refractivity contribution in [2.45, 2.75) is 31.7 Å². The van der Waals surface area contributed by atoms with Gasteiger partial charge in [0, 0.05) is 0 Å². The lowest BCUT2D eigenvalue weighted by Gasteiger charge is -2.23. The zero-order chi connectivity index (χ0) is 21.2. The van der Waals surface area contributed by atoms with Gasteiger partial charge < -0.3 is 14.2 Å². The van der Waals surface area contributed by atoms with Crippen LogP contribution in [0.1, 0.15) is 35.2 Å². The summed E-state index contributed by atoms with van der Waals surface area (Å²) < 4.78 is 45.5. The molecule has 0 amide bonds. The Hall–Kier alpha value is -2.40. The summed E-state index contributed by atoms with van der Waals surface area (Å²) in [5.41, 5.74) is 0.486. The van der Waals surface area contributed by atoms with Crippen molar-refractivity contribution in [1.29, 1.82) is 0 Å². The Kier molecular flexibility index (Phi) is 6.28. The first kappa shape index (κ1) is 21.3. The number of fused-ring (bicyclic) bond motifs is 2. The van der Waals surface area contributed by atoms with E-state index in [0.29, 0.717) is 24.8 Å². The monoisotopic (exact) mass is 422 g/mol. The Morgan fingerprint density at radius 3 is 2.72 bits per heavy atom. The van der Waals surface area contributed by atoms with Crippen LogP contribution in [0.4, 0.5) is 0 Å². The first-order valence-electron chi connectivity index (χ1n) is 9.05. The van der Waals surface area contributed by atoms with Gasteiger partial charge >= 0.3 is 17.9 Å². The van der Waals surface area contributed by atoms with Crippen LogP contribution in [-0.4, -0.2) is 57.2 Å². The van der Waals surface area contributed by atoms with Crippen LogP contribution in [0.3, 0.4) is 0 Å². The Morgan fingerprint density at radius 2 is 2.03 bits per heavy atom. The highest BCUT2D eigenvalue weighted by atomic mass is 32.2. The summed E-state index contributed by atoms with van der Waals surface area (Å²) in [6.45, 7) is -0.529. The zero-order valence-corrected chi connectivity index (χ0v) is 16.2. The molecular weight excluding hydrogens is 403 g/mol. The molecule has 1 aliphatic heterocycles. The third kappa shape index (κ3) is 5.16. The smallest absolute Gasteiger partial charge is 0.338 e. The molecule has 154 valence electrons. The molecule has 0 aromatic heterocycles. The molecule has 29 heavy (non-hydrogen) atoms. The molecule has 1 aromatic carbocycles. The van der Waals surface area contributed by atoms with E-state index in [1.807, 2.05) is 0 Å². The molecule has 2 bridgehead atoms. The second kappa shape index (κ2) is 8.54. The normalized spacial score (nSPS) is 23.3. The van der Waals surface area contributed by atoms with Crippen molar-refractivity contribution in [1.82, 2.24) is 0 Å². The van der Waals surface area contributed by atoms with Crippen molar-refractivity contribution in [3.63, 3.8) is 0 Å². The van der Waals surface area contributed by atoms with Gasteiger partial charge in [-0.25, -0.2) is 4.79 Å². The van der Waals surface area contributed by atoms with E-state index in [9.17, 15) is 22.8 Å². The van der Waals surface area contributed by atoms with Crippen LogP contribution < -0.4 is 4.74 Å². The molecule has 1 aromatic rings. The molecule has 1 saturated heterocycles. The molecule has 2 fully saturated rings. The van der Waals surface area contributed by atoms with Gasteiger partial charge in [0.25, 0.3) is 10.1 Å². The van der Waals surface area contributed by atoms with Crippen LogP contribution >= 0.6 is 0 Å². The maximum absolute atomic E-state index is 12.7. The Balaban J connectivity index is 1.71. The van der Waals surface area contributed by atoms with Crippen LogP contribution in [0.25, 0.3) is 0 Å². The van der Waals surface area contributed by atoms with E-state index in [2.05, 4.69) is 0 Å². The highest BCUT2D eigenvalue weighted by molar-refractivity contribution is 7.85. The van der Waals surface area contributed by atoms with E-state index in [1.165, 1.54) is 18.2 Å². The number of ether oxygens (including phenoxy) is 3. The molecule has 0 spiro atoms. The number of benzene rings is 1. The Bertz CT molecular complexity index is 927. The van der Waals surface area contributed by atoms with E-state index < -0.39 is 52.2 Å². The maximum Gasteiger partial charge on any atom is 0.338 e. The van der Waals surface area contributed by atoms with Gasteiger partial charge in [0.2, 0.25) is 0 Å². The fourth-order valence-corrected chi connectivity index (χ4v) is 3.78. The lowest BCUT2D eigenvalue weighted by molar-refractivity contribution is -0.149. The molecule has 3 atom stereocenters.